The van der Waals surface area contributed by atoms with Crippen molar-refractivity contribution in [2.75, 3.05) is 13.1 Å². The highest BCUT2D eigenvalue weighted by atomic mass is 16.6. The molecule has 0 aromatic heterocycles. The molecule has 2 rings (SSSR count). The lowest BCUT2D eigenvalue weighted by atomic mass is 10.1. The van der Waals surface area contributed by atoms with Gasteiger partial charge in [-0.15, -0.1) is 0 Å². The van der Waals surface area contributed by atoms with Crippen molar-refractivity contribution in [1.82, 2.24) is 10.2 Å². The molecule has 0 radical (unpaired) electrons. The summed E-state index contributed by atoms with van der Waals surface area (Å²) in [7, 11) is 0. The molecule has 1 heterocycles. The maximum absolute atomic E-state index is 12.6. The number of nitrogens with one attached hydrogen (secondary N) is 1. The molecule has 2 atom stereocenters. The van der Waals surface area contributed by atoms with Crippen LogP contribution in [0.2, 0.25) is 0 Å². The maximum Gasteiger partial charge on any atom is 0.329 e. The van der Waals surface area contributed by atoms with Crippen molar-refractivity contribution in [2.24, 2.45) is 5.73 Å². The summed E-state index contributed by atoms with van der Waals surface area (Å²) in [5.74, 6) is -0.465. The highest BCUT2D eigenvalue weighted by molar-refractivity contribution is 5.85. The molecule has 1 aromatic carbocycles. The van der Waals surface area contributed by atoms with E-state index in [0.29, 0.717) is 32.4 Å². The fourth-order valence-corrected chi connectivity index (χ4v) is 3.71. The first kappa shape index (κ1) is 24.9. The molecule has 1 saturated heterocycles. The molecule has 2 amide bonds. The topological polar surface area (TPSA) is 102 Å². The standard InChI is InChI=1S/C24H37N3O4/c1-24(2,3)31-23(30)20-13-10-16-27(20)21(28)14-8-5-9-15-26-22(29)19(25)17-18-11-6-4-7-12-18/h4,6-7,11-12,19-20H,5,8-10,13-17,25H2,1-3H3,(H,26,29)/t19-,20?/m1/s1. The lowest BCUT2D eigenvalue weighted by Gasteiger charge is -2.27. The van der Waals surface area contributed by atoms with E-state index in [4.69, 9.17) is 10.5 Å². The molecule has 0 aliphatic carbocycles. The van der Waals surface area contributed by atoms with E-state index < -0.39 is 17.7 Å². The van der Waals surface area contributed by atoms with Gasteiger partial charge in [-0.1, -0.05) is 36.8 Å². The van der Waals surface area contributed by atoms with E-state index in [1.807, 2.05) is 51.1 Å². The van der Waals surface area contributed by atoms with Gasteiger partial charge in [-0.3, -0.25) is 9.59 Å². The first-order chi connectivity index (χ1) is 14.7. The molecule has 172 valence electrons. The molecule has 0 saturated carbocycles. The second-order valence-corrected chi connectivity index (χ2v) is 9.18. The largest absolute Gasteiger partial charge is 0.458 e. The van der Waals surface area contributed by atoms with Crippen LogP contribution in [0.15, 0.2) is 30.3 Å². The summed E-state index contributed by atoms with van der Waals surface area (Å²) in [4.78, 5) is 38.7. The molecule has 0 spiro atoms. The number of likely N-dealkylation sites (tertiary alicyclic amines) is 1. The van der Waals surface area contributed by atoms with Gasteiger partial charge in [0.1, 0.15) is 11.6 Å². The summed E-state index contributed by atoms with van der Waals surface area (Å²) < 4.78 is 5.46. The van der Waals surface area contributed by atoms with Crippen molar-refractivity contribution < 1.29 is 19.1 Å². The van der Waals surface area contributed by atoms with Crippen LogP contribution in [-0.4, -0.2) is 53.5 Å². The van der Waals surface area contributed by atoms with E-state index in [-0.39, 0.29) is 17.8 Å². The molecule has 1 aliphatic rings. The Morgan fingerprint density at radius 3 is 2.55 bits per heavy atom. The van der Waals surface area contributed by atoms with E-state index in [2.05, 4.69) is 5.32 Å². The van der Waals surface area contributed by atoms with Gasteiger partial charge in [0.15, 0.2) is 0 Å². The quantitative estimate of drug-likeness (QED) is 0.438. The van der Waals surface area contributed by atoms with E-state index in [1.165, 1.54) is 0 Å². The monoisotopic (exact) mass is 431 g/mol. The normalized spacial score (nSPS) is 17.3. The van der Waals surface area contributed by atoms with Gasteiger partial charge in [0.05, 0.1) is 6.04 Å². The molecule has 31 heavy (non-hydrogen) atoms. The summed E-state index contributed by atoms with van der Waals surface area (Å²) in [6, 6.07) is 8.68. The van der Waals surface area contributed by atoms with Crippen LogP contribution in [0.4, 0.5) is 0 Å². The lowest BCUT2D eigenvalue weighted by Crippen LogP contribution is -2.43. The van der Waals surface area contributed by atoms with Crippen LogP contribution in [-0.2, 0) is 25.5 Å². The van der Waals surface area contributed by atoms with Crippen LogP contribution in [0, 0.1) is 0 Å². The minimum atomic E-state index is -0.566. The predicted octanol–water partition coefficient (Wildman–Crippen LogP) is 2.57. The summed E-state index contributed by atoms with van der Waals surface area (Å²) >= 11 is 0. The van der Waals surface area contributed by atoms with Crippen molar-refractivity contribution in [3.8, 4) is 0 Å². The minimum Gasteiger partial charge on any atom is -0.458 e. The number of benzene rings is 1. The number of unbranched alkanes of at least 4 members (excludes halogenated alkanes) is 2. The second-order valence-electron chi connectivity index (χ2n) is 9.18. The van der Waals surface area contributed by atoms with Crippen molar-refractivity contribution in [3.63, 3.8) is 0 Å². The number of esters is 1. The zero-order valence-electron chi connectivity index (χ0n) is 19.1. The van der Waals surface area contributed by atoms with E-state index in [1.54, 1.807) is 4.90 Å². The highest BCUT2D eigenvalue weighted by Gasteiger charge is 2.36. The van der Waals surface area contributed by atoms with Crippen molar-refractivity contribution in [2.45, 2.75) is 83.4 Å². The summed E-state index contributed by atoms with van der Waals surface area (Å²) in [5.41, 5.74) is 6.46. The number of ether oxygens (including phenoxy) is 1. The molecule has 7 nitrogen and oxygen atoms in total. The zero-order valence-corrected chi connectivity index (χ0v) is 19.1. The van der Waals surface area contributed by atoms with Gasteiger partial charge in [0.2, 0.25) is 11.8 Å². The average molecular weight is 432 g/mol. The predicted molar refractivity (Wildman–Crippen MR) is 120 cm³/mol. The van der Waals surface area contributed by atoms with Crippen LogP contribution in [0.5, 0.6) is 0 Å². The van der Waals surface area contributed by atoms with E-state index in [9.17, 15) is 14.4 Å². The fraction of sp³-hybridized carbons (Fsp3) is 0.625. The number of amides is 2. The maximum atomic E-state index is 12.6. The van der Waals surface area contributed by atoms with Gasteiger partial charge < -0.3 is 20.7 Å². The Hall–Kier alpha value is -2.41. The van der Waals surface area contributed by atoms with Gasteiger partial charge in [-0.25, -0.2) is 4.79 Å². The van der Waals surface area contributed by atoms with Gasteiger partial charge in [0, 0.05) is 19.5 Å². The third kappa shape index (κ3) is 8.69. The Bertz CT molecular complexity index is 730. The summed E-state index contributed by atoms with van der Waals surface area (Å²) in [6.07, 6.45) is 4.73. The number of nitrogens with zero attached hydrogens (tertiary/aromatic N) is 1. The van der Waals surface area contributed by atoms with Gasteiger partial charge in [0.25, 0.3) is 0 Å². The highest BCUT2D eigenvalue weighted by Crippen LogP contribution is 2.22. The molecule has 1 fully saturated rings. The van der Waals surface area contributed by atoms with Gasteiger partial charge >= 0.3 is 5.97 Å². The van der Waals surface area contributed by atoms with Crippen molar-refractivity contribution in [1.29, 1.82) is 0 Å². The minimum absolute atomic E-state index is 0.00211. The van der Waals surface area contributed by atoms with Crippen LogP contribution >= 0.6 is 0 Å². The summed E-state index contributed by atoms with van der Waals surface area (Å²) in [6.45, 7) is 6.65. The zero-order chi connectivity index (χ0) is 22.9. The molecule has 1 unspecified atom stereocenters. The third-order valence-corrected chi connectivity index (χ3v) is 5.25. The smallest absolute Gasteiger partial charge is 0.329 e. The number of hydrogen-bond acceptors (Lipinski definition) is 5. The molecule has 7 heteroatoms. The van der Waals surface area contributed by atoms with Crippen molar-refractivity contribution >= 4 is 17.8 Å². The first-order valence-corrected chi connectivity index (χ1v) is 11.3. The van der Waals surface area contributed by atoms with E-state index >= 15 is 0 Å². The SMILES string of the molecule is CC(C)(C)OC(=O)C1CCCN1C(=O)CCCCCNC(=O)[C@H](N)Cc1ccccc1. The number of hydrogen-bond donors (Lipinski definition) is 2. The Morgan fingerprint density at radius 1 is 1.16 bits per heavy atom. The molecule has 1 aromatic rings. The number of rotatable bonds is 10. The average Bonchev–Trinajstić information content (AvgIpc) is 3.20. The molecule has 0 bridgehead atoms. The molecular weight excluding hydrogens is 394 g/mol. The molecule has 3 N–H and O–H groups in total. The van der Waals surface area contributed by atoms with Crippen LogP contribution in [0.3, 0.4) is 0 Å². The van der Waals surface area contributed by atoms with Crippen molar-refractivity contribution in [3.05, 3.63) is 35.9 Å². The fourth-order valence-electron chi connectivity index (χ4n) is 3.71. The molecule has 1 aliphatic heterocycles. The number of carbonyl (C=O) groups is 3. The van der Waals surface area contributed by atoms with Gasteiger partial charge in [-0.05, 0) is 58.4 Å². The van der Waals surface area contributed by atoms with Gasteiger partial charge in [-0.2, -0.15) is 0 Å². The Balaban J connectivity index is 1.62. The Kier molecular flexibility index (Phi) is 9.49. The molecular formula is C24H37N3O4. The van der Waals surface area contributed by atoms with Crippen LogP contribution < -0.4 is 11.1 Å². The number of nitrogens with two attached hydrogens (primary N) is 1. The van der Waals surface area contributed by atoms with E-state index in [0.717, 1.165) is 31.2 Å². The van der Waals surface area contributed by atoms with Crippen LogP contribution in [0.25, 0.3) is 0 Å². The summed E-state index contributed by atoms with van der Waals surface area (Å²) in [5, 5.41) is 2.87. The number of carbonyl (C=O) groups excluding carboxylic acids is 3. The first-order valence-electron chi connectivity index (χ1n) is 11.3. The second kappa shape index (κ2) is 11.8. The van der Waals surface area contributed by atoms with Crippen LogP contribution in [0.1, 0.15) is 64.9 Å². The third-order valence-electron chi connectivity index (χ3n) is 5.25. The Labute approximate surface area is 185 Å². The lowest BCUT2D eigenvalue weighted by molar-refractivity contribution is -0.163. The Morgan fingerprint density at radius 2 is 1.87 bits per heavy atom.